The predicted molar refractivity (Wildman–Crippen MR) is 214 cm³/mol. The van der Waals surface area contributed by atoms with Gasteiger partial charge in [0.2, 0.25) is 0 Å². The van der Waals surface area contributed by atoms with Crippen LogP contribution in [-0.2, 0) is 4.57 Å². The molecule has 0 N–H and O–H groups in total. The molecule has 9 aromatic rings. The molecule has 1 nitrogen and oxygen atoms in total. The van der Waals surface area contributed by atoms with Gasteiger partial charge in [-0.3, -0.25) is 0 Å². The summed E-state index contributed by atoms with van der Waals surface area (Å²) in [5.41, 5.74) is 9.72. The van der Waals surface area contributed by atoms with Crippen molar-refractivity contribution >= 4 is 55.4 Å². The van der Waals surface area contributed by atoms with Gasteiger partial charge >= 0.3 is 0 Å². The van der Waals surface area contributed by atoms with Gasteiger partial charge in [0.1, 0.15) is 0 Å². The maximum atomic E-state index is 16.3. The molecule has 0 bridgehead atoms. The zero-order valence-electron chi connectivity index (χ0n) is 27.3. The molecule has 9 aromatic carbocycles. The summed E-state index contributed by atoms with van der Waals surface area (Å²) in [6.07, 6.45) is 0. The van der Waals surface area contributed by atoms with Crippen LogP contribution >= 0.6 is 7.14 Å². The summed E-state index contributed by atoms with van der Waals surface area (Å²) in [6.45, 7) is 0. The summed E-state index contributed by atoms with van der Waals surface area (Å²) < 4.78 is 16.3. The van der Waals surface area contributed by atoms with Crippen LogP contribution in [0.5, 0.6) is 0 Å². The molecule has 0 aromatic heterocycles. The lowest BCUT2D eigenvalue weighted by Gasteiger charge is -2.24. The van der Waals surface area contributed by atoms with Crippen LogP contribution < -0.4 is 15.9 Å². The number of hydrogen-bond donors (Lipinski definition) is 0. The molecular weight excluding hydrogens is 624 g/mol. The van der Waals surface area contributed by atoms with E-state index in [2.05, 4.69) is 140 Å². The standard InChI is InChI=1S/C48H31OP/c49-50(35-22-8-3-9-23-35,42-29-14-21-32-16-10-11-24-36(32)42)43-31-30-41-46-39(43)27-15-28-40(46)47-44(33-17-4-1-5-18-33)37-25-12-13-26-38(37)45(48(41)47)34-19-6-2-7-20-34/h1-31H. The second-order valence-corrected chi connectivity index (χ2v) is 15.8. The van der Waals surface area contributed by atoms with Gasteiger partial charge < -0.3 is 4.57 Å². The highest BCUT2D eigenvalue weighted by Gasteiger charge is 2.36. The van der Waals surface area contributed by atoms with Crippen molar-refractivity contribution in [1.82, 2.24) is 0 Å². The number of fused-ring (bicyclic) bond motifs is 5. The molecule has 0 saturated heterocycles. The second-order valence-electron chi connectivity index (χ2n) is 13.1. The average molecular weight is 655 g/mol. The van der Waals surface area contributed by atoms with Crippen LogP contribution in [0, 0.1) is 0 Å². The Labute approximate surface area is 291 Å². The molecule has 0 aliphatic heterocycles. The Morgan fingerprint density at radius 2 is 0.780 bits per heavy atom. The van der Waals surface area contributed by atoms with E-state index < -0.39 is 7.14 Å². The fourth-order valence-corrected chi connectivity index (χ4v) is 11.5. The first-order valence-electron chi connectivity index (χ1n) is 17.1. The first-order valence-corrected chi connectivity index (χ1v) is 18.8. The van der Waals surface area contributed by atoms with Crippen molar-refractivity contribution < 1.29 is 4.57 Å². The maximum absolute atomic E-state index is 16.3. The third-order valence-electron chi connectivity index (χ3n) is 10.5. The topological polar surface area (TPSA) is 17.1 Å². The molecule has 0 saturated carbocycles. The predicted octanol–water partition coefficient (Wildman–Crippen LogP) is 11.8. The maximum Gasteiger partial charge on any atom is 0.172 e. The Bertz CT molecular complexity index is 2720. The van der Waals surface area contributed by atoms with Crippen LogP contribution in [0.2, 0.25) is 0 Å². The van der Waals surface area contributed by atoms with E-state index in [1.54, 1.807) is 0 Å². The van der Waals surface area contributed by atoms with E-state index in [1.165, 1.54) is 60.7 Å². The Kier molecular flexibility index (Phi) is 6.53. The molecule has 0 amide bonds. The van der Waals surface area contributed by atoms with E-state index in [-0.39, 0.29) is 0 Å². The van der Waals surface area contributed by atoms with Crippen LogP contribution in [0.4, 0.5) is 0 Å². The van der Waals surface area contributed by atoms with Gasteiger partial charge in [-0.2, -0.15) is 0 Å². The average Bonchev–Trinajstić information content (AvgIpc) is 3.52. The van der Waals surface area contributed by atoms with Gasteiger partial charge in [0.05, 0.1) is 0 Å². The highest BCUT2D eigenvalue weighted by Crippen LogP contribution is 2.58. The summed E-state index contributed by atoms with van der Waals surface area (Å²) in [7, 11) is -3.36. The second kappa shape index (κ2) is 11.3. The van der Waals surface area contributed by atoms with Gasteiger partial charge in [0, 0.05) is 15.9 Å². The fraction of sp³-hybridized carbons (Fsp3) is 0. The smallest absolute Gasteiger partial charge is 0.172 e. The van der Waals surface area contributed by atoms with Crippen molar-refractivity contribution in [2.24, 2.45) is 0 Å². The van der Waals surface area contributed by atoms with E-state index in [1.807, 2.05) is 48.5 Å². The first-order chi connectivity index (χ1) is 24.7. The quantitative estimate of drug-likeness (QED) is 0.169. The molecule has 0 heterocycles. The van der Waals surface area contributed by atoms with E-state index in [4.69, 9.17) is 0 Å². The molecule has 0 spiro atoms. The minimum absolute atomic E-state index is 0.841. The minimum Gasteiger partial charge on any atom is -0.309 e. The summed E-state index contributed by atoms with van der Waals surface area (Å²) in [5.74, 6) is 0. The van der Waals surface area contributed by atoms with Crippen molar-refractivity contribution in [3.8, 4) is 44.5 Å². The van der Waals surface area contributed by atoms with Gasteiger partial charge in [0.25, 0.3) is 0 Å². The molecule has 0 fully saturated rings. The Morgan fingerprint density at radius 1 is 0.320 bits per heavy atom. The third-order valence-corrected chi connectivity index (χ3v) is 13.6. The molecule has 1 atom stereocenters. The van der Waals surface area contributed by atoms with Crippen molar-refractivity contribution in [2.75, 3.05) is 0 Å². The molecule has 1 aliphatic rings. The fourth-order valence-electron chi connectivity index (χ4n) is 8.40. The van der Waals surface area contributed by atoms with Crippen LogP contribution in [0.1, 0.15) is 0 Å². The number of rotatable bonds is 5. The lowest BCUT2D eigenvalue weighted by molar-refractivity contribution is 0.593. The van der Waals surface area contributed by atoms with Gasteiger partial charge in [-0.05, 0) is 82.9 Å². The van der Waals surface area contributed by atoms with E-state index in [0.717, 1.165) is 32.1 Å². The van der Waals surface area contributed by atoms with Gasteiger partial charge in [-0.25, -0.2) is 0 Å². The SMILES string of the molecule is O=P(c1ccccc1)(c1cccc2ccccc12)c1ccc2c3c(cccc13)-c1c-2c(-c2ccccc2)c2ccccc2c1-c1ccccc1. The minimum atomic E-state index is -3.36. The van der Waals surface area contributed by atoms with E-state index >= 15 is 4.57 Å². The highest BCUT2D eigenvalue weighted by atomic mass is 31.2. The first kappa shape index (κ1) is 29.0. The molecule has 50 heavy (non-hydrogen) atoms. The van der Waals surface area contributed by atoms with Crippen LogP contribution in [0.25, 0.3) is 76.8 Å². The van der Waals surface area contributed by atoms with Crippen LogP contribution in [-0.4, -0.2) is 0 Å². The van der Waals surface area contributed by atoms with Crippen molar-refractivity contribution in [3.63, 3.8) is 0 Å². The van der Waals surface area contributed by atoms with Crippen LogP contribution in [0.3, 0.4) is 0 Å². The largest absolute Gasteiger partial charge is 0.309 e. The number of benzene rings is 9. The molecule has 2 heteroatoms. The van der Waals surface area contributed by atoms with Gasteiger partial charge in [0.15, 0.2) is 7.14 Å². The highest BCUT2D eigenvalue weighted by molar-refractivity contribution is 7.86. The lowest BCUT2D eigenvalue weighted by atomic mass is 9.82. The van der Waals surface area contributed by atoms with Gasteiger partial charge in [-0.15, -0.1) is 0 Å². The molecule has 10 rings (SSSR count). The van der Waals surface area contributed by atoms with E-state index in [9.17, 15) is 0 Å². The van der Waals surface area contributed by atoms with Crippen LogP contribution in [0.15, 0.2) is 188 Å². The molecule has 234 valence electrons. The third kappa shape index (κ3) is 4.11. The molecule has 1 aliphatic carbocycles. The van der Waals surface area contributed by atoms with Crippen molar-refractivity contribution in [1.29, 1.82) is 0 Å². The molecule has 0 radical (unpaired) electrons. The summed E-state index contributed by atoms with van der Waals surface area (Å²) in [4.78, 5) is 0. The van der Waals surface area contributed by atoms with Gasteiger partial charge in [-0.1, -0.05) is 182 Å². The Balaban J connectivity index is 1.36. The summed E-state index contributed by atoms with van der Waals surface area (Å²) >= 11 is 0. The monoisotopic (exact) mass is 654 g/mol. The summed E-state index contributed by atoms with van der Waals surface area (Å²) in [5, 5.41) is 9.37. The Hall–Kier alpha value is -6.01. The van der Waals surface area contributed by atoms with Crippen molar-refractivity contribution in [2.45, 2.75) is 0 Å². The summed E-state index contributed by atoms with van der Waals surface area (Å²) in [6, 6.07) is 66.1. The zero-order valence-corrected chi connectivity index (χ0v) is 28.1. The number of hydrogen-bond acceptors (Lipinski definition) is 1. The molecule has 1 unspecified atom stereocenters. The normalized spacial score (nSPS) is 13.0. The Morgan fingerprint density at radius 3 is 1.42 bits per heavy atom. The van der Waals surface area contributed by atoms with E-state index in [0.29, 0.717) is 0 Å². The lowest BCUT2D eigenvalue weighted by Crippen LogP contribution is -2.26. The zero-order chi connectivity index (χ0) is 33.2. The molecular formula is C48H31OP. The van der Waals surface area contributed by atoms with Crippen molar-refractivity contribution in [3.05, 3.63) is 188 Å².